The Morgan fingerprint density at radius 2 is 1.62 bits per heavy atom. The second kappa shape index (κ2) is 13.7. The maximum Gasteiger partial charge on any atom is 0.264 e. The number of sulfonamides is 1. The average Bonchev–Trinajstić information content (AvgIpc) is 2.98. The van der Waals surface area contributed by atoms with Crippen LogP contribution in [0.1, 0.15) is 32.8 Å². The molecule has 1 aliphatic heterocycles. The Hall–Kier alpha value is -4.12. The zero-order chi connectivity index (χ0) is 30.3. The van der Waals surface area contributed by atoms with Gasteiger partial charge >= 0.3 is 0 Å². The molecule has 1 unspecified atom stereocenters. The minimum absolute atomic E-state index is 0.0994. The van der Waals surface area contributed by atoms with Gasteiger partial charge in [0.2, 0.25) is 11.8 Å². The molecule has 0 aromatic heterocycles. The molecule has 4 rings (SSSR count). The summed E-state index contributed by atoms with van der Waals surface area (Å²) in [5.74, 6) is -0.756. The molecule has 224 valence electrons. The van der Waals surface area contributed by atoms with E-state index in [1.807, 2.05) is 44.2 Å². The van der Waals surface area contributed by atoms with Crippen LogP contribution in [0.5, 0.6) is 11.5 Å². The van der Waals surface area contributed by atoms with Gasteiger partial charge in [0.05, 0.1) is 10.6 Å². The quantitative estimate of drug-likeness (QED) is 0.336. The Balaban J connectivity index is 1.70. The highest BCUT2D eigenvalue weighted by molar-refractivity contribution is 7.92. The summed E-state index contributed by atoms with van der Waals surface area (Å²) in [5, 5.41) is 2.87. The highest BCUT2D eigenvalue weighted by atomic mass is 32.2. The summed E-state index contributed by atoms with van der Waals surface area (Å²) < 4.78 is 54.0. The Labute approximate surface area is 246 Å². The number of carbonyl (C=O) groups excluding carboxylic acids is 2. The van der Waals surface area contributed by atoms with E-state index in [0.717, 1.165) is 22.0 Å². The summed E-state index contributed by atoms with van der Waals surface area (Å²) in [4.78, 5) is 28.5. The molecular formula is C31H36FN3O6S. The van der Waals surface area contributed by atoms with Crippen molar-refractivity contribution in [3.8, 4) is 11.5 Å². The number of carbonyl (C=O) groups is 2. The van der Waals surface area contributed by atoms with Crippen LogP contribution in [0.15, 0.2) is 77.7 Å². The number of hydrogen-bond donors (Lipinski definition) is 1. The molecule has 0 bridgehead atoms. The van der Waals surface area contributed by atoms with E-state index in [2.05, 4.69) is 5.32 Å². The molecule has 9 nitrogen and oxygen atoms in total. The second-order valence-electron chi connectivity index (χ2n) is 10.2. The maximum absolute atomic E-state index is 14.0. The maximum atomic E-state index is 14.0. The van der Waals surface area contributed by atoms with Gasteiger partial charge in [-0.1, -0.05) is 37.3 Å². The predicted octanol–water partition coefficient (Wildman–Crippen LogP) is 4.17. The Kier molecular flexibility index (Phi) is 10.1. The standard InChI is InChI=1S/C31H36FN3O6S/c1-4-27(31(37)33-22(2)3)34(17-16-23-8-6-5-7-9-23)30(36)21-35(25-12-10-24(32)11-13-25)42(38,39)26-14-15-28-29(20-26)41-19-18-40-28/h5-15,20,22,27H,4,16-19,21H2,1-3H3,(H,33,37). The van der Waals surface area contributed by atoms with Gasteiger partial charge in [-0.25, -0.2) is 12.8 Å². The van der Waals surface area contributed by atoms with Gasteiger partial charge in [-0.3, -0.25) is 13.9 Å². The summed E-state index contributed by atoms with van der Waals surface area (Å²) in [6.07, 6.45) is 0.786. The Morgan fingerprint density at radius 3 is 2.26 bits per heavy atom. The van der Waals surface area contributed by atoms with Gasteiger partial charge < -0.3 is 19.7 Å². The smallest absolute Gasteiger partial charge is 0.264 e. The molecule has 3 aromatic rings. The molecular weight excluding hydrogens is 561 g/mol. The fourth-order valence-corrected chi connectivity index (χ4v) is 6.15. The van der Waals surface area contributed by atoms with Crippen molar-refractivity contribution in [3.63, 3.8) is 0 Å². The molecule has 1 heterocycles. The molecule has 2 amide bonds. The minimum atomic E-state index is -4.34. The van der Waals surface area contributed by atoms with E-state index in [9.17, 15) is 22.4 Å². The number of ether oxygens (including phenoxy) is 2. The van der Waals surface area contributed by atoms with Crippen LogP contribution in [0.25, 0.3) is 0 Å². The lowest BCUT2D eigenvalue weighted by Gasteiger charge is -2.33. The van der Waals surface area contributed by atoms with E-state index in [0.29, 0.717) is 25.2 Å². The molecule has 0 saturated heterocycles. The predicted molar refractivity (Wildman–Crippen MR) is 158 cm³/mol. The van der Waals surface area contributed by atoms with Gasteiger partial charge in [-0.2, -0.15) is 0 Å². The van der Waals surface area contributed by atoms with Crippen LogP contribution in [-0.4, -0.2) is 63.5 Å². The lowest BCUT2D eigenvalue weighted by Crippen LogP contribution is -2.54. The molecule has 3 aromatic carbocycles. The summed E-state index contributed by atoms with van der Waals surface area (Å²) in [6.45, 7) is 5.66. The van der Waals surface area contributed by atoms with Crippen LogP contribution in [0.4, 0.5) is 10.1 Å². The van der Waals surface area contributed by atoms with Gasteiger partial charge in [-0.15, -0.1) is 0 Å². The number of nitrogens with zero attached hydrogens (tertiary/aromatic N) is 2. The molecule has 1 N–H and O–H groups in total. The first-order valence-electron chi connectivity index (χ1n) is 13.9. The first-order chi connectivity index (χ1) is 20.1. The number of rotatable bonds is 12. The first kappa shape index (κ1) is 30.8. The number of nitrogens with one attached hydrogen (secondary N) is 1. The van der Waals surface area contributed by atoms with Crippen LogP contribution in [-0.2, 0) is 26.0 Å². The monoisotopic (exact) mass is 597 g/mol. The van der Waals surface area contributed by atoms with Gasteiger partial charge in [0.1, 0.15) is 31.6 Å². The van der Waals surface area contributed by atoms with Crippen molar-refractivity contribution in [2.45, 2.75) is 50.6 Å². The van der Waals surface area contributed by atoms with Crippen molar-refractivity contribution >= 4 is 27.5 Å². The van der Waals surface area contributed by atoms with Crippen LogP contribution in [0.2, 0.25) is 0 Å². The molecule has 0 fully saturated rings. The van der Waals surface area contributed by atoms with Crippen molar-refractivity contribution < 1.29 is 31.9 Å². The molecule has 0 aliphatic carbocycles. The zero-order valence-electron chi connectivity index (χ0n) is 24.0. The summed E-state index contributed by atoms with van der Waals surface area (Å²) >= 11 is 0. The normalized spacial score (nSPS) is 13.4. The van der Waals surface area contributed by atoms with Crippen molar-refractivity contribution in [1.29, 1.82) is 0 Å². The molecule has 1 atom stereocenters. The van der Waals surface area contributed by atoms with E-state index in [1.54, 1.807) is 6.92 Å². The van der Waals surface area contributed by atoms with Gasteiger partial charge in [-0.05, 0) is 68.7 Å². The second-order valence-corrected chi connectivity index (χ2v) is 12.1. The van der Waals surface area contributed by atoms with Gasteiger partial charge in [0.15, 0.2) is 11.5 Å². The third kappa shape index (κ3) is 7.39. The number of halogens is 1. The molecule has 0 spiro atoms. The van der Waals surface area contributed by atoms with Crippen LogP contribution in [0, 0.1) is 5.82 Å². The molecule has 0 saturated carbocycles. The lowest BCUT2D eigenvalue weighted by molar-refractivity contribution is -0.139. The third-order valence-electron chi connectivity index (χ3n) is 6.80. The summed E-state index contributed by atoms with van der Waals surface area (Å²) in [6, 6.07) is 17.6. The van der Waals surface area contributed by atoms with Crippen molar-refractivity contribution in [3.05, 3.63) is 84.2 Å². The Morgan fingerprint density at radius 1 is 0.952 bits per heavy atom. The van der Waals surface area contributed by atoms with Crippen LogP contribution in [0.3, 0.4) is 0 Å². The highest BCUT2D eigenvalue weighted by Gasteiger charge is 2.34. The Bertz CT molecular complexity index is 1480. The SMILES string of the molecule is CCC(C(=O)NC(C)C)N(CCc1ccccc1)C(=O)CN(c1ccc(F)cc1)S(=O)(=O)c1ccc2c(c1)OCCO2. The van der Waals surface area contributed by atoms with Crippen LogP contribution >= 0.6 is 0 Å². The van der Waals surface area contributed by atoms with Crippen molar-refractivity contribution in [2.24, 2.45) is 0 Å². The van der Waals surface area contributed by atoms with Gasteiger partial charge in [0.25, 0.3) is 10.0 Å². The molecule has 11 heteroatoms. The molecule has 0 radical (unpaired) electrons. The average molecular weight is 598 g/mol. The van der Waals surface area contributed by atoms with E-state index in [1.165, 1.54) is 35.2 Å². The van der Waals surface area contributed by atoms with E-state index < -0.39 is 34.3 Å². The number of benzene rings is 3. The van der Waals surface area contributed by atoms with Crippen LogP contribution < -0.4 is 19.1 Å². The number of amides is 2. The lowest BCUT2D eigenvalue weighted by atomic mass is 10.1. The van der Waals surface area contributed by atoms with Gasteiger partial charge in [0, 0.05) is 18.7 Å². The minimum Gasteiger partial charge on any atom is -0.486 e. The van der Waals surface area contributed by atoms with Crippen molar-refractivity contribution in [1.82, 2.24) is 10.2 Å². The topological polar surface area (TPSA) is 105 Å². The summed E-state index contributed by atoms with van der Waals surface area (Å²) in [7, 11) is -4.34. The molecule has 42 heavy (non-hydrogen) atoms. The fraction of sp³-hybridized carbons (Fsp3) is 0.355. The van der Waals surface area contributed by atoms with E-state index in [4.69, 9.17) is 9.47 Å². The summed E-state index contributed by atoms with van der Waals surface area (Å²) in [5.41, 5.74) is 1.07. The fourth-order valence-electron chi connectivity index (χ4n) is 4.72. The molecule has 1 aliphatic rings. The first-order valence-corrected chi connectivity index (χ1v) is 15.4. The largest absolute Gasteiger partial charge is 0.486 e. The van der Waals surface area contributed by atoms with Crippen molar-refractivity contribution in [2.75, 3.05) is 30.6 Å². The number of fused-ring (bicyclic) bond motifs is 1. The zero-order valence-corrected chi connectivity index (χ0v) is 24.8. The van der Waals surface area contributed by atoms with E-state index >= 15 is 0 Å². The third-order valence-corrected chi connectivity index (χ3v) is 8.57. The number of anilines is 1. The number of hydrogen-bond acceptors (Lipinski definition) is 6. The highest BCUT2D eigenvalue weighted by Crippen LogP contribution is 2.34. The van der Waals surface area contributed by atoms with E-state index in [-0.39, 0.29) is 41.4 Å².